The zero-order chi connectivity index (χ0) is 22.1. The van der Waals surface area contributed by atoms with E-state index < -0.39 is 0 Å². The van der Waals surface area contributed by atoms with Gasteiger partial charge in [0.25, 0.3) is 11.8 Å². The summed E-state index contributed by atoms with van der Waals surface area (Å²) in [5.41, 5.74) is 3.04. The van der Waals surface area contributed by atoms with Crippen molar-refractivity contribution in [2.24, 2.45) is 0 Å². The van der Waals surface area contributed by atoms with Gasteiger partial charge in [0, 0.05) is 23.4 Å². The highest BCUT2D eigenvalue weighted by molar-refractivity contribution is 7.20. The van der Waals surface area contributed by atoms with Crippen molar-refractivity contribution >= 4 is 39.1 Å². The average molecular weight is 447 g/mol. The molecular formula is C25H22N2O4S. The highest BCUT2D eigenvalue weighted by atomic mass is 32.1. The number of hydrogen-bond acceptors (Lipinski definition) is 5. The number of carbonyl (C=O) groups is 2. The van der Waals surface area contributed by atoms with E-state index in [1.54, 1.807) is 11.0 Å². The fourth-order valence-corrected chi connectivity index (χ4v) is 5.11. The Hall–Kier alpha value is -3.42. The van der Waals surface area contributed by atoms with E-state index in [2.05, 4.69) is 5.32 Å². The van der Waals surface area contributed by atoms with Crippen molar-refractivity contribution in [1.29, 1.82) is 0 Å². The zero-order valence-electron chi connectivity index (χ0n) is 17.6. The lowest BCUT2D eigenvalue weighted by Crippen LogP contribution is -2.41. The number of para-hydroxylation sites is 1. The number of nitrogens with zero attached hydrogens (tertiary/aromatic N) is 1. The molecule has 1 aliphatic heterocycles. The summed E-state index contributed by atoms with van der Waals surface area (Å²) in [4.78, 5) is 29.2. The third kappa shape index (κ3) is 3.81. The molecule has 0 radical (unpaired) electrons. The second-order valence-corrected chi connectivity index (χ2v) is 8.65. The van der Waals surface area contributed by atoms with Gasteiger partial charge >= 0.3 is 0 Å². The van der Waals surface area contributed by atoms with Gasteiger partial charge in [-0.15, -0.1) is 11.3 Å². The number of fused-ring (bicyclic) bond motifs is 1. The maximum atomic E-state index is 13.4. The summed E-state index contributed by atoms with van der Waals surface area (Å²) in [5, 5.41) is 4.33. The van der Waals surface area contributed by atoms with Crippen LogP contribution in [0.1, 0.15) is 26.5 Å². The standard InChI is InChI=1S/C25H22N2O4S/c1-16-21(25(29)27-11-13-30-14-12-27)24(32-22(16)17-7-3-2-4-8-17)26-23(28)20-15-18-9-5-6-10-19(18)31-20/h2-10,15H,11-14H2,1H3,(H,26,28). The summed E-state index contributed by atoms with van der Waals surface area (Å²) in [6, 6.07) is 19.1. The van der Waals surface area contributed by atoms with Gasteiger partial charge in [0.1, 0.15) is 10.6 Å². The lowest BCUT2D eigenvalue weighted by molar-refractivity contribution is 0.0303. The predicted octanol–water partition coefficient (Wildman–Crippen LogP) is 5.19. The molecule has 162 valence electrons. The Morgan fingerprint density at radius 3 is 2.47 bits per heavy atom. The Balaban J connectivity index is 1.53. The van der Waals surface area contributed by atoms with Crippen molar-refractivity contribution in [2.75, 3.05) is 31.6 Å². The molecule has 2 aromatic heterocycles. The molecular weight excluding hydrogens is 424 g/mol. The Labute approximate surface area is 189 Å². The number of furan rings is 1. The molecule has 3 heterocycles. The Morgan fingerprint density at radius 2 is 1.72 bits per heavy atom. The van der Waals surface area contributed by atoms with Crippen LogP contribution in [0.15, 0.2) is 65.1 Å². The molecule has 4 aromatic rings. The van der Waals surface area contributed by atoms with Gasteiger partial charge in [0.05, 0.1) is 18.8 Å². The van der Waals surface area contributed by atoms with Gasteiger partial charge in [-0.25, -0.2) is 0 Å². The Kier molecular flexibility index (Phi) is 5.51. The lowest BCUT2D eigenvalue weighted by Gasteiger charge is -2.27. The third-order valence-electron chi connectivity index (χ3n) is 5.57. The predicted molar refractivity (Wildman–Crippen MR) is 125 cm³/mol. The molecule has 1 saturated heterocycles. The minimum absolute atomic E-state index is 0.0934. The first kappa shape index (κ1) is 20.5. The topological polar surface area (TPSA) is 71.8 Å². The van der Waals surface area contributed by atoms with E-state index in [9.17, 15) is 9.59 Å². The molecule has 6 nitrogen and oxygen atoms in total. The van der Waals surface area contributed by atoms with Crippen molar-refractivity contribution in [3.8, 4) is 10.4 Å². The molecule has 2 aromatic carbocycles. The minimum Gasteiger partial charge on any atom is -0.451 e. The Morgan fingerprint density at radius 1 is 1.00 bits per heavy atom. The summed E-state index contributed by atoms with van der Waals surface area (Å²) in [7, 11) is 0. The first-order valence-corrected chi connectivity index (χ1v) is 11.3. The van der Waals surface area contributed by atoms with E-state index in [1.165, 1.54) is 11.3 Å². The van der Waals surface area contributed by atoms with Gasteiger partial charge in [-0.05, 0) is 30.2 Å². The third-order valence-corrected chi connectivity index (χ3v) is 6.83. The van der Waals surface area contributed by atoms with E-state index >= 15 is 0 Å². The zero-order valence-corrected chi connectivity index (χ0v) is 18.4. The second-order valence-electron chi connectivity index (χ2n) is 7.63. The maximum Gasteiger partial charge on any atom is 0.292 e. The summed E-state index contributed by atoms with van der Waals surface area (Å²) < 4.78 is 11.1. The summed E-state index contributed by atoms with van der Waals surface area (Å²) in [6.45, 7) is 4.03. The molecule has 0 bridgehead atoms. The van der Waals surface area contributed by atoms with E-state index in [-0.39, 0.29) is 17.6 Å². The molecule has 5 rings (SSSR count). The normalized spacial score (nSPS) is 14.0. The van der Waals surface area contributed by atoms with Gasteiger partial charge in [0.15, 0.2) is 5.76 Å². The Bertz CT molecular complexity index is 1250. The number of carbonyl (C=O) groups excluding carboxylic acids is 2. The number of thiophene rings is 1. The minimum atomic E-state index is -0.377. The first-order chi connectivity index (χ1) is 15.6. The van der Waals surface area contributed by atoms with Crippen LogP contribution < -0.4 is 5.32 Å². The monoisotopic (exact) mass is 446 g/mol. The van der Waals surface area contributed by atoms with Crippen LogP contribution in [-0.4, -0.2) is 43.0 Å². The first-order valence-electron chi connectivity index (χ1n) is 10.5. The van der Waals surface area contributed by atoms with Gasteiger partial charge in [0.2, 0.25) is 0 Å². The van der Waals surface area contributed by atoms with Gasteiger partial charge in [-0.2, -0.15) is 0 Å². The van der Waals surface area contributed by atoms with Crippen molar-refractivity contribution in [3.63, 3.8) is 0 Å². The van der Waals surface area contributed by atoms with E-state index in [0.717, 1.165) is 21.4 Å². The van der Waals surface area contributed by atoms with Crippen LogP contribution in [-0.2, 0) is 4.74 Å². The van der Waals surface area contributed by atoms with Crippen LogP contribution in [0.25, 0.3) is 21.4 Å². The molecule has 0 spiro atoms. The van der Waals surface area contributed by atoms with Crippen LogP contribution in [0.4, 0.5) is 5.00 Å². The molecule has 0 unspecified atom stereocenters. The van der Waals surface area contributed by atoms with Crippen LogP contribution in [0, 0.1) is 6.92 Å². The molecule has 0 aliphatic carbocycles. The molecule has 1 aliphatic rings. The van der Waals surface area contributed by atoms with E-state index in [1.807, 2.05) is 61.5 Å². The van der Waals surface area contributed by atoms with Crippen molar-refractivity contribution in [2.45, 2.75) is 6.92 Å². The highest BCUT2D eigenvalue weighted by Crippen LogP contribution is 2.41. The molecule has 0 saturated carbocycles. The molecule has 7 heteroatoms. The summed E-state index contributed by atoms with van der Waals surface area (Å²) in [5.74, 6) is -0.259. The van der Waals surface area contributed by atoms with Crippen LogP contribution >= 0.6 is 11.3 Å². The van der Waals surface area contributed by atoms with Crippen molar-refractivity contribution in [1.82, 2.24) is 4.90 Å². The SMILES string of the molecule is Cc1c(-c2ccccc2)sc(NC(=O)c2cc3ccccc3o2)c1C(=O)N1CCOCC1. The fraction of sp³-hybridized carbons (Fsp3) is 0.200. The largest absolute Gasteiger partial charge is 0.451 e. The number of benzene rings is 2. The van der Waals surface area contributed by atoms with Crippen molar-refractivity contribution < 1.29 is 18.7 Å². The quantitative estimate of drug-likeness (QED) is 0.468. The number of morpholine rings is 1. The second kappa shape index (κ2) is 8.61. The lowest BCUT2D eigenvalue weighted by atomic mass is 10.1. The number of amides is 2. The number of rotatable bonds is 4. The van der Waals surface area contributed by atoms with Gasteiger partial charge in [-0.3, -0.25) is 9.59 Å². The van der Waals surface area contributed by atoms with Crippen molar-refractivity contribution in [3.05, 3.63) is 77.6 Å². The molecule has 2 amide bonds. The summed E-state index contributed by atoms with van der Waals surface area (Å²) >= 11 is 1.41. The fourth-order valence-electron chi connectivity index (χ4n) is 3.91. The molecule has 32 heavy (non-hydrogen) atoms. The number of nitrogens with one attached hydrogen (secondary N) is 1. The number of ether oxygens (including phenoxy) is 1. The van der Waals surface area contributed by atoms with Crippen LogP contribution in [0.3, 0.4) is 0 Å². The summed E-state index contributed by atoms with van der Waals surface area (Å²) in [6.07, 6.45) is 0. The van der Waals surface area contributed by atoms with E-state index in [4.69, 9.17) is 9.15 Å². The number of hydrogen-bond donors (Lipinski definition) is 1. The number of anilines is 1. The highest BCUT2D eigenvalue weighted by Gasteiger charge is 2.28. The van der Waals surface area contributed by atoms with Gasteiger partial charge < -0.3 is 19.4 Å². The molecule has 1 N–H and O–H groups in total. The average Bonchev–Trinajstić information content (AvgIpc) is 3.41. The molecule has 1 fully saturated rings. The smallest absolute Gasteiger partial charge is 0.292 e. The van der Waals surface area contributed by atoms with Crippen LogP contribution in [0.2, 0.25) is 0 Å². The molecule has 0 atom stereocenters. The van der Waals surface area contributed by atoms with Crippen LogP contribution in [0.5, 0.6) is 0 Å². The van der Waals surface area contributed by atoms with E-state index in [0.29, 0.717) is 42.5 Å². The maximum absolute atomic E-state index is 13.4. The van der Waals surface area contributed by atoms with Gasteiger partial charge in [-0.1, -0.05) is 48.5 Å².